The van der Waals surface area contributed by atoms with Crippen LogP contribution in [-0.4, -0.2) is 6.28 Å². The molecule has 0 fully saturated rings. The molecule has 0 unspecified atom stereocenters. The molecule has 0 saturated carbocycles. The average Bonchev–Trinajstić information content (AvgIpc) is 3.37. The van der Waals surface area contributed by atoms with Crippen LogP contribution < -0.4 is 15.4 Å². The Hall–Kier alpha value is -4.09. The van der Waals surface area contributed by atoms with Crippen LogP contribution in [-0.2, 0) is 0 Å². The highest BCUT2D eigenvalue weighted by Gasteiger charge is 2.58. The van der Waals surface area contributed by atoms with Gasteiger partial charge in [0, 0.05) is 0 Å². The first kappa shape index (κ1) is 28.4. The van der Waals surface area contributed by atoms with Crippen molar-refractivity contribution in [3.8, 4) is 0 Å². The van der Waals surface area contributed by atoms with Gasteiger partial charge in [-0.05, 0) is 43.5 Å². The molecular weight excluding hydrogens is 563 g/mol. The van der Waals surface area contributed by atoms with Crippen molar-refractivity contribution < 1.29 is 48.4 Å². The van der Waals surface area contributed by atoms with Crippen LogP contribution in [0.2, 0.25) is 0 Å². The van der Waals surface area contributed by atoms with Gasteiger partial charge >= 0.3 is 6.28 Å². The number of nitrogens with zero attached hydrogens (tertiary/aromatic N) is 1. The molecule has 0 saturated heterocycles. The smallest absolute Gasteiger partial charge is 0.351 e. The Morgan fingerprint density at radius 2 is 1.00 bits per heavy atom. The van der Waals surface area contributed by atoms with Crippen LogP contribution in [0.4, 0.5) is 43.9 Å². The Labute approximate surface area is 227 Å². The van der Waals surface area contributed by atoms with Gasteiger partial charge < -0.3 is 4.48 Å². The maximum absolute atomic E-state index is 15.9. The minimum absolute atomic E-state index is 0.146. The largest absolute Gasteiger partial charge is 0.418 e. The van der Waals surface area contributed by atoms with Gasteiger partial charge in [0.2, 0.25) is 0 Å². The molecule has 0 bridgehead atoms. The Morgan fingerprint density at radius 1 is 0.585 bits per heavy atom. The lowest BCUT2D eigenvalue weighted by Crippen LogP contribution is -2.83. The van der Waals surface area contributed by atoms with Crippen LogP contribution in [0.3, 0.4) is 0 Å². The molecule has 1 aliphatic carbocycles. The third kappa shape index (κ3) is 3.90. The highest BCUT2D eigenvalue weighted by Crippen LogP contribution is 2.47. The molecule has 1 atom stereocenters. The van der Waals surface area contributed by atoms with Gasteiger partial charge in [0.25, 0.3) is 0 Å². The highest BCUT2D eigenvalue weighted by molar-refractivity contribution is 6.97. The fraction of sp³-hybridized carbons (Fsp3) is 0.138. The molecule has 0 N–H and O–H groups in total. The summed E-state index contributed by atoms with van der Waals surface area (Å²) in [5, 5.41) is 0. The summed E-state index contributed by atoms with van der Waals surface area (Å²) in [6.07, 6.45) is -2.57. The topological polar surface area (TPSA) is 3.88 Å². The zero-order valence-corrected chi connectivity index (χ0v) is 21.3. The van der Waals surface area contributed by atoms with Crippen LogP contribution >= 0.6 is 0 Å². The summed E-state index contributed by atoms with van der Waals surface area (Å²) in [6, 6.07) is 9.85. The number of hydrogen-bond donors (Lipinski definition) is 0. The third-order valence-corrected chi connectivity index (χ3v) is 7.87. The van der Waals surface area contributed by atoms with E-state index in [1.807, 2.05) is 0 Å². The number of aromatic nitrogens is 1. The van der Waals surface area contributed by atoms with Crippen LogP contribution in [0.15, 0.2) is 60.4 Å². The predicted molar refractivity (Wildman–Crippen MR) is 132 cm³/mol. The first-order valence-corrected chi connectivity index (χ1v) is 12.3. The summed E-state index contributed by atoms with van der Waals surface area (Å²) in [6.45, 7) is 3.32. The van der Waals surface area contributed by atoms with Crippen molar-refractivity contribution in [3.63, 3.8) is 0 Å². The maximum Gasteiger partial charge on any atom is 0.351 e. The predicted octanol–water partition coefficient (Wildman–Crippen LogP) is 6.49. The normalized spacial score (nSPS) is 14.9. The van der Waals surface area contributed by atoms with Gasteiger partial charge in [-0.25, -0.2) is 43.9 Å². The van der Waals surface area contributed by atoms with Gasteiger partial charge in [-0.2, -0.15) is 0 Å². The van der Waals surface area contributed by atoms with E-state index in [9.17, 15) is 26.3 Å². The van der Waals surface area contributed by atoms with E-state index in [1.165, 1.54) is 30.3 Å². The zero-order chi connectivity index (χ0) is 30.0. The molecule has 1 aromatic heterocycles. The van der Waals surface area contributed by atoms with E-state index in [-0.39, 0.29) is 12.0 Å². The van der Waals surface area contributed by atoms with E-state index >= 15 is 17.6 Å². The molecule has 1 heterocycles. The second kappa shape index (κ2) is 10.1. The lowest BCUT2D eigenvalue weighted by atomic mass is 9.20. The molecule has 12 heteroatoms. The van der Waals surface area contributed by atoms with E-state index in [0.717, 1.165) is 16.9 Å². The van der Waals surface area contributed by atoms with Gasteiger partial charge in [0.15, 0.2) is 34.9 Å². The summed E-state index contributed by atoms with van der Waals surface area (Å²) in [7, 11) is 0. The van der Waals surface area contributed by atoms with E-state index in [2.05, 4.69) is 0 Å². The average molecular weight is 581 g/mol. The zero-order valence-electron chi connectivity index (χ0n) is 21.3. The first-order chi connectivity index (χ1) is 19.4. The third-order valence-electron chi connectivity index (χ3n) is 7.87. The summed E-state index contributed by atoms with van der Waals surface area (Å²) < 4.78 is 152. The van der Waals surface area contributed by atoms with Crippen LogP contribution in [0.1, 0.15) is 37.2 Å². The van der Waals surface area contributed by atoms with Crippen LogP contribution in [0.25, 0.3) is 5.57 Å². The fourth-order valence-electron chi connectivity index (χ4n) is 6.19. The van der Waals surface area contributed by atoms with Gasteiger partial charge in [-0.3, -0.25) is 0 Å². The number of fused-ring (bicyclic) bond motifs is 1. The number of allylic oxidation sites excluding steroid dienone is 2. The molecule has 0 amide bonds. The molecule has 5 rings (SSSR count). The van der Waals surface area contributed by atoms with Crippen molar-refractivity contribution >= 4 is 22.8 Å². The van der Waals surface area contributed by atoms with Gasteiger partial charge in [-0.1, -0.05) is 58.2 Å². The van der Waals surface area contributed by atoms with Crippen LogP contribution in [0, 0.1) is 58.2 Å². The lowest BCUT2D eigenvalue weighted by Gasteiger charge is -2.41. The summed E-state index contributed by atoms with van der Waals surface area (Å²) >= 11 is 0. The van der Waals surface area contributed by atoms with Crippen molar-refractivity contribution in [2.24, 2.45) is 0 Å². The molecule has 1 nitrogen and oxygen atoms in total. The minimum Gasteiger partial charge on any atom is -0.418 e. The highest BCUT2D eigenvalue weighted by atomic mass is 19.2. The van der Waals surface area contributed by atoms with Gasteiger partial charge in [-0.15, -0.1) is 0 Å². The second-order valence-electron chi connectivity index (χ2n) is 10.1. The monoisotopic (exact) mass is 581 g/mol. The van der Waals surface area contributed by atoms with Crippen LogP contribution in [0.5, 0.6) is 0 Å². The Morgan fingerprint density at radius 3 is 1.44 bits per heavy atom. The standard InChI is InChI=1S/C29H18BF10N/c1-13(2)16-12-17(15-9-5-4-8-14(15)16)30(41-10-6-3-7-11-41,18-20(31)24(35)28(39)25(36)21(18)32)19-22(33)26(37)29(40)27(38)23(19)34/h3-11,17H,12H2,1-2H3/t17-/m0/s1. The summed E-state index contributed by atoms with van der Waals surface area (Å²) in [4.78, 5) is 0. The SMILES string of the molecule is CC(C)=C1C[C@H]([B-](c2c(F)c(F)c(F)c(F)c2F)(c2c(F)c(F)c(F)c(F)c2F)[n+]2ccccc2)c2ccccc21. The molecule has 0 radical (unpaired) electrons. The maximum atomic E-state index is 15.9. The molecule has 3 aromatic carbocycles. The number of pyridine rings is 1. The second-order valence-corrected chi connectivity index (χ2v) is 10.1. The van der Waals surface area contributed by atoms with Crippen molar-refractivity contribution in [2.45, 2.75) is 26.1 Å². The number of benzene rings is 3. The number of halogens is 10. The first-order valence-electron chi connectivity index (χ1n) is 12.3. The number of rotatable bonds is 4. The Kier molecular flexibility index (Phi) is 6.99. The fourth-order valence-corrected chi connectivity index (χ4v) is 6.19. The van der Waals surface area contributed by atoms with Crippen molar-refractivity contribution in [1.29, 1.82) is 0 Å². The number of hydrogen-bond acceptors (Lipinski definition) is 0. The molecule has 0 aliphatic heterocycles. The molecule has 212 valence electrons. The summed E-state index contributed by atoms with van der Waals surface area (Å²) in [5.41, 5.74) is -1.74. The van der Waals surface area contributed by atoms with Crippen molar-refractivity contribution in [1.82, 2.24) is 0 Å². The van der Waals surface area contributed by atoms with E-state index in [0.29, 0.717) is 16.7 Å². The van der Waals surface area contributed by atoms with Gasteiger partial charge in [0.05, 0.1) is 0 Å². The van der Waals surface area contributed by atoms with E-state index in [4.69, 9.17) is 0 Å². The summed E-state index contributed by atoms with van der Waals surface area (Å²) in [5.74, 6) is -26.3. The van der Waals surface area contributed by atoms with E-state index < -0.39 is 81.2 Å². The van der Waals surface area contributed by atoms with Gasteiger partial charge in [0.1, 0.15) is 35.7 Å². The van der Waals surface area contributed by atoms with Crippen molar-refractivity contribution in [2.75, 3.05) is 0 Å². The Balaban J connectivity index is 2.13. The Bertz CT molecular complexity index is 1620. The molecular formula is C29H18BF10N. The minimum atomic E-state index is -4.29. The quantitative estimate of drug-likeness (QED) is 0.112. The lowest BCUT2D eigenvalue weighted by molar-refractivity contribution is -0.544. The molecule has 4 aromatic rings. The van der Waals surface area contributed by atoms with E-state index in [1.54, 1.807) is 26.0 Å². The molecule has 41 heavy (non-hydrogen) atoms. The molecule has 1 aliphatic rings. The van der Waals surface area contributed by atoms with Crippen molar-refractivity contribution in [3.05, 3.63) is 130 Å². The molecule has 0 spiro atoms.